The fourth-order valence-electron chi connectivity index (χ4n) is 10.7. The fraction of sp³-hybridized carbons (Fsp3) is 0.484. The number of nitrogens with one attached hydrogen (secondary N) is 3. The van der Waals surface area contributed by atoms with Crippen LogP contribution in [0.4, 0.5) is 36.4 Å². The van der Waals surface area contributed by atoms with E-state index in [1.54, 1.807) is 34.2 Å². The minimum absolute atomic E-state index is 0. The molecule has 3 N–H and O–H groups in total. The molecule has 25 nitrogen and oxygen atoms in total. The van der Waals surface area contributed by atoms with Gasteiger partial charge >= 0.3 is 15.6 Å². The number of halogens is 3. The first kappa shape index (κ1) is 67.2. The second-order valence-corrected chi connectivity index (χ2v) is 26.2. The van der Waals surface area contributed by atoms with E-state index in [9.17, 15) is 31.2 Å². The van der Waals surface area contributed by atoms with Crippen LogP contribution in [0.3, 0.4) is 0 Å². The number of anilines is 4. The van der Waals surface area contributed by atoms with Crippen molar-refractivity contribution in [3.8, 4) is 22.5 Å². The molecule has 6 aromatic heterocycles. The summed E-state index contributed by atoms with van der Waals surface area (Å²) in [4.78, 5) is 47.0. The van der Waals surface area contributed by atoms with E-state index in [0.29, 0.717) is 42.6 Å². The third-order valence-electron chi connectivity index (χ3n) is 15.4. The van der Waals surface area contributed by atoms with Crippen LogP contribution in [0, 0.1) is 0 Å². The number of nitrogens with zero attached hydrogens (tertiary/aromatic N) is 13. The van der Waals surface area contributed by atoms with E-state index < -0.39 is 21.7 Å². The SMILES string of the molecule is C.Cn1cc(Nc2nccc(-c3ccc4c(c3)CN([C@H]3CCOC3)CC[C@H]4CC(=O)c3nnc(C(C)(C)C)o3)n2)cn1.Cn1cc(Nc2nccc(-c3ccc4c(c3)CNCC[C@H]4CC(=O)c3nnc(C(C)(C)C)o3)n2)cn1.O=S(=O)(O[C@@H]1CCOC1)C(F)(F)F. The molecule has 12 rings (SSSR count). The van der Waals surface area contributed by atoms with Gasteiger partial charge in [0.15, 0.2) is 0 Å². The highest BCUT2D eigenvalue weighted by Crippen LogP contribution is 2.38. The fourth-order valence-corrected chi connectivity index (χ4v) is 11.3. The lowest BCUT2D eigenvalue weighted by Crippen LogP contribution is -2.35. The summed E-state index contributed by atoms with van der Waals surface area (Å²) in [6.07, 6.45) is 13.2. The lowest BCUT2D eigenvalue weighted by Gasteiger charge is -2.26. The Morgan fingerprint density at radius 1 is 0.681 bits per heavy atom. The summed E-state index contributed by atoms with van der Waals surface area (Å²) in [5.41, 5.74) is 4.02. The van der Waals surface area contributed by atoms with Crippen molar-refractivity contribution in [2.45, 2.75) is 141 Å². The van der Waals surface area contributed by atoms with Gasteiger partial charge in [-0.3, -0.25) is 28.0 Å². The van der Waals surface area contributed by atoms with Crippen molar-refractivity contribution in [1.29, 1.82) is 0 Å². The molecule has 486 valence electrons. The quantitative estimate of drug-likeness (QED) is 0.0488. The summed E-state index contributed by atoms with van der Waals surface area (Å²) < 4.78 is 85.2. The number of hydrogen-bond acceptors (Lipinski definition) is 23. The average Bonchev–Trinajstić information content (AvgIpc) is 1.91. The number of Topliss-reactive ketones (excluding diaryl/α,β-unsaturated/α-hetero) is 2. The standard InChI is InChI=1S/C30H36N8O3.C26H30N8O2.C5H7F3O4S.CH4/c1-30(2,3)28-36-35-27(41-28)26(39)14-19-8-11-38(23-9-12-40-18-23)16-21-13-20(5-6-24(19)21)25-7-10-31-29(34-25)33-22-15-32-37(4)17-22;1-26(2,3)24-33-32-23(36-24)22(35)12-16-7-9-27-13-18-11-17(5-6-20(16)18)21-8-10-28-25(31-21)30-19-14-29-34(4)15-19;6-5(7,8)13(9,10)12-4-1-2-11-3-4;/h5-7,10,13,15,17,19,23H,8-9,11-12,14,16,18H2,1-4H3,(H,31,33,34);5-6,8,10-11,14-16,27H,7,9,12-13H2,1-4H3,(H,28,30,31);4H,1-3H2;1H4/t19-,23-;16-;4-;/m001./s1. The summed E-state index contributed by atoms with van der Waals surface area (Å²) in [5, 5.41) is 34.5. The number of alkyl halides is 3. The van der Waals surface area contributed by atoms with E-state index in [-0.39, 0.29) is 73.1 Å². The van der Waals surface area contributed by atoms with Gasteiger partial charge in [-0.25, -0.2) is 19.9 Å². The van der Waals surface area contributed by atoms with E-state index in [4.69, 9.17) is 18.6 Å². The second-order valence-electron chi connectivity index (χ2n) is 24.6. The Hall–Kier alpha value is -8.22. The van der Waals surface area contributed by atoms with Gasteiger partial charge in [0.1, 0.15) is 6.10 Å². The molecule has 0 aliphatic carbocycles. The Morgan fingerprint density at radius 3 is 1.67 bits per heavy atom. The van der Waals surface area contributed by atoms with E-state index in [1.165, 1.54) is 11.1 Å². The van der Waals surface area contributed by atoms with Crippen LogP contribution in [-0.2, 0) is 61.8 Å². The van der Waals surface area contributed by atoms with Crippen molar-refractivity contribution in [3.05, 3.63) is 132 Å². The molecular weight excluding hydrogens is 1200 g/mol. The van der Waals surface area contributed by atoms with Crippen molar-refractivity contribution >= 4 is 45.0 Å². The minimum Gasteiger partial charge on any atom is -0.418 e. The molecule has 0 saturated carbocycles. The van der Waals surface area contributed by atoms with Gasteiger partial charge in [-0.15, -0.1) is 20.4 Å². The predicted octanol–water partition coefficient (Wildman–Crippen LogP) is 10.1. The highest BCUT2D eigenvalue weighted by atomic mass is 32.2. The van der Waals surface area contributed by atoms with E-state index >= 15 is 0 Å². The van der Waals surface area contributed by atoms with E-state index in [2.05, 4.69) is 112 Å². The van der Waals surface area contributed by atoms with Crippen LogP contribution < -0.4 is 16.0 Å². The van der Waals surface area contributed by atoms with Crippen LogP contribution in [0.5, 0.6) is 0 Å². The molecular formula is C62H77F3N16O9S. The predicted molar refractivity (Wildman–Crippen MR) is 330 cm³/mol. The van der Waals surface area contributed by atoms with Crippen LogP contribution in [0.25, 0.3) is 22.5 Å². The maximum atomic E-state index is 13.3. The van der Waals surface area contributed by atoms with Gasteiger partial charge in [-0.1, -0.05) is 73.2 Å². The first-order valence-electron chi connectivity index (χ1n) is 29.6. The molecule has 2 saturated heterocycles. The number of fused-ring (bicyclic) bond motifs is 2. The van der Waals surface area contributed by atoms with Crippen LogP contribution in [-0.4, -0.2) is 142 Å². The zero-order chi connectivity index (χ0) is 64.0. The lowest BCUT2D eigenvalue weighted by atomic mass is 9.87. The minimum atomic E-state index is -5.46. The lowest BCUT2D eigenvalue weighted by molar-refractivity contribution is -0.0574. The third kappa shape index (κ3) is 17.2. The Kier molecular flexibility index (Phi) is 21.1. The largest absolute Gasteiger partial charge is 0.523 e. The van der Waals surface area contributed by atoms with Crippen molar-refractivity contribution in [2.24, 2.45) is 14.1 Å². The van der Waals surface area contributed by atoms with E-state index in [0.717, 1.165) is 104 Å². The van der Waals surface area contributed by atoms with Crippen molar-refractivity contribution in [2.75, 3.05) is 50.2 Å². The molecule has 8 aromatic rings. The van der Waals surface area contributed by atoms with Crippen LogP contribution >= 0.6 is 0 Å². The van der Waals surface area contributed by atoms with Crippen molar-refractivity contribution in [1.82, 2.24) is 70.1 Å². The monoisotopic (exact) mass is 1280 g/mol. The van der Waals surface area contributed by atoms with Crippen molar-refractivity contribution < 1.29 is 53.7 Å². The number of aryl methyl sites for hydroxylation is 2. The first-order valence-corrected chi connectivity index (χ1v) is 31.0. The molecule has 0 unspecified atom stereocenters. The summed E-state index contributed by atoms with van der Waals surface area (Å²) >= 11 is 0. The van der Waals surface area contributed by atoms with Gasteiger partial charge in [0, 0.05) is 112 Å². The maximum absolute atomic E-state index is 13.3. The Balaban J connectivity index is 0.000000180. The number of hydrogen-bond donors (Lipinski definition) is 3. The van der Waals surface area contributed by atoms with Crippen molar-refractivity contribution in [3.63, 3.8) is 0 Å². The van der Waals surface area contributed by atoms with Gasteiger partial charge in [0.25, 0.3) is 11.8 Å². The molecule has 10 heterocycles. The number of carbonyl (C=O) groups is 2. The maximum Gasteiger partial charge on any atom is 0.523 e. The summed E-state index contributed by atoms with van der Waals surface area (Å²) in [6.45, 7) is 16.8. The molecule has 4 aliphatic rings. The molecule has 91 heavy (non-hydrogen) atoms. The smallest absolute Gasteiger partial charge is 0.418 e. The molecule has 0 spiro atoms. The highest BCUT2D eigenvalue weighted by Gasteiger charge is 2.49. The number of aromatic nitrogens is 12. The zero-order valence-corrected chi connectivity index (χ0v) is 52.1. The number of rotatable bonds is 15. The Morgan fingerprint density at radius 2 is 1.20 bits per heavy atom. The molecule has 2 fully saturated rings. The van der Waals surface area contributed by atoms with Gasteiger partial charge < -0.3 is 34.3 Å². The molecule has 0 bridgehead atoms. The van der Waals surface area contributed by atoms with Crippen LogP contribution in [0.15, 0.2) is 94.5 Å². The average molecular weight is 1280 g/mol. The van der Waals surface area contributed by atoms with Crippen LogP contribution in [0.2, 0.25) is 0 Å². The summed E-state index contributed by atoms with van der Waals surface area (Å²) in [7, 11) is -1.74. The van der Waals surface area contributed by atoms with Gasteiger partial charge in [0.05, 0.1) is 48.4 Å². The number of ether oxygens (including phenoxy) is 2. The molecule has 0 radical (unpaired) electrons. The first-order chi connectivity index (χ1) is 42.8. The van der Waals surface area contributed by atoms with Gasteiger partial charge in [0.2, 0.25) is 35.2 Å². The third-order valence-corrected chi connectivity index (χ3v) is 16.5. The molecule has 4 aliphatic heterocycles. The summed E-state index contributed by atoms with van der Waals surface area (Å²) in [5.74, 6) is 2.00. The van der Waals surface area contributed by atoms with Crippen LogP contribution in [0.1, 0.15) is 155 Å². The molecule has 4 atom stereocenters. The number of benzene rings is 2. The van der Waals surface area contributed by atoms with Gasteiger partial charge in [-0.05, 0) is 90.7 Å². The molecule has 29 heteroatoms. The molecule has 0 amide bonds. The second kappa shape index (κ2) is 28.5. The Bertz CT molecular complexity index is 3900. The van der Waals surface area contributed by atoms with E-state index in [1.807, 2.05) is 80.2 Å². The summed E-state index contributed by atoms with van der Waals surface area (Å²) in [6, 6.07) is 17.0. The number of carbonyl (C=O) groups excluding carboxylic acids is 2. The molecule has 2 aromatic carbocycles. The topological polar surface area (TPSA) is 300 Å². The number of ketones is 2. The van der Waals surface area contributed by atoms with Gasteiger partial charge in [-0.2, -0.15) is 31.8 Å². The Labute approximate surface area is 525 Å². The highest BCUT2D eigenvalue weighted by molar-refractivity contribution is 7.87. The normalized spacial score (nSPS) is 18.7. The zero-order valence-electron chi connectivity index (χ0n) is 51.3.